The lowest BCUT2D eigenvalue weighted by molar-refractivity contribution is -0.127. The van der Waals surface area contributed by atoms with Crippen LogP contribution in [0.15, 0.2) is 41.9 Å². The maximum absolute atomic E-state index is 12.6. The molecule has 0 aliphatic heterocycles. The molecule has 41 heavy (non-hydrogen) atoms. The number of Topliss-reactive ketones (excluding diaryl/α,β-unsaturated/α-hetero) is 2. The lowest BCUT2D eigenvalue weighted by Gasteiger charge is -2.22. The largest absolute Gasteiger partial charge is 0.504 e. The number of ketones is 2. The topological polar surface area (TPSA) is 132 Å². The molecule has 0 spiro atoms. The number of aryl methyl sites for hydroxylation is 2. The van der Waals surface area contributed by atoms with Gasteiger partial charge in [0.05, 0.1) is 24.9 Å². The summed E-state index contributed by atoms with van der Waals surface area (Å²) in [6.45, 7) is 0.797. The van der Waals surface area contributed by atoms with E-state index in [4.69, 9.17) is 15.5 Å². The van der Waals surface area contributed by atoms with Crippen LogP contribution >= 0.6 is 0 Å². The zero-order valence-electron chi connectivity index (χ0n) is 24.3. The number of carbonyl (C=O) groups is 2. The minimum absolute atomic E-state index is 0.0248. The summed E-state index contributed by atoms with van der Waals surface area (Å²) in [5.41, 5.74) is 7.20. The standard InChI is InChI=1S/C32H47N5O4/c33-32(35-25-7-2-1-3-8-25)36-26(17-19-37-20-18-34-23-37)9-6-10-27(38)22-28(39)15-13-24-14-16-30(40)31(21-24)41-29-11-4-5-12-29/h14,16,18,20-21,23,25-26,29,40H,1-13,15,17,19,22H2,(H3,33,35,36)/t26-/m1/s1. The highest BCUT2D eigenvalue weighted by molar-refractivity contribution is 5.99. The molecule has 1 heterocycles. The summed E-state index contributed by atoms with van der Waals surface area (Å²) in [5.74, 6) is 1.02. The number of carbonyl (C=O) groups excluding carboxylic acids is 2. The first-order chi connectivity index (χ1) is 19.9. The van der Waals surface area contributed by atoms with E-state index in [1.54, 1.807) is 18.6 Å². The quantitative estimate of drug-likeness (QED) is 0.144. The molecule has 4 N–H and O–H groups in total. The average Bonchev–Trinajstić information content (AvgIpc) is 3.67. The van der Waals surface area contributed by atoms with Crippen molar-refractivity contribution in [3.05, 3.63) is 42.5 Å². The normalized spacial score (nSPS) is 17.4. The number of phenolic OH excluding ortho intramolecular Hbond substituents is 1. The zero-order valence-corrected chi connectivity index (χ0v) is 24.3. The van der Waals surface area contributed by atoms with Crippen LogP contribution in [0.4, 0.5) is 0 Å². The summed E-state index contributed by atoms with van der Waals surface area (Å²) in [4.78, 5) is 34.0. The summed E-state index contributed by atoms with van der Waals surface area (Å²) < 4.78 is 8.00. The van der Waals surface area contributed by atoms with E-state index in [-0.39, 0.29) is 35.9 Å². The first kappa shape index (κ1) is 30.6. The number of ether oxygens (including phenoxy) is 1. The number of rotatable bonds is 16. The van der Waals surface area contributed by atoms with Gasteiger partial charge >= 0.3 is 0 Å². The Bertz CT molecular complexity index is 1120. The molecule has 1 aromatic carbocycles. The fourth-order valence-corrected chi connectivity index (χ4v) is 5.89. The second-order valence-electron chi connectivity index (χ2n) is 11.7. The molecule has 0 amide bonds. The Morgan fingerprint density at radius 3 is 2.59 bits per heavy atom. The SMILES string of the molecule is NC(=NC1CCCCC1)N[C@H](CCCC(=O)CC(=O)CCc1ccc(O)c(OC2CCCC2)c1)CCn1ccnc1. The minimum atomic E-state index is -0.0556. The number of aromatic hydroxyl groups is 1. The van der Waals surface area contributed by atoms with Gasteiger partial charge in [0.2, 0.25) is 0 Å². The van der Waals surface area contributed by atoms with Crippen molar-refractivity contribution in [2.45, 2.75) is 127 Å². The second-order valence-corrected chi connectivity index (χ2v) is 11.7. The van der Waals surface area contributed by atoms with E-state index < -0.39 is 0 Å². The van der Waals surface area contributed by atoms with Crippen molar-refractivity contribution in [2.75, 3.05) is 0 Å². The Kier molecular flexibility index (Phi) is 12.1. The van der Waals surface area contributed by atoms with Crippen LogP contribution in [-0.4, -0.2) is 50.4 Å². The molecule has 0 bridgehead atoms. The first-order valence-electron chi connectivity index (χ1n) is 15.5. The Balaban J connectivity index is 1.19. The Morgan fingerprint density at radius 1 is 1.07 bits per heavy atom. The van der Waals surface area contributed by atoms with Gasteiger partial charge in [-0.1, -0.05) is 25.3 Å². The lowest BCUT2D eigenvalue weighted by Crippen LogP contribution is -2.41. The molecule has 2 aliphatic carbocycles. The molecule has 224 valence electrons. The van der Waals surface area contributed by atoms with Crippen molar-refractivity contribution in [3.8, 4) is 11.5 Å². The van der Waals surface area contributed by atoms with E-state index in [1.165, 1.54) is 19.3 Å². The molecule has 1 aromatic heterocycles. The molecule has 0 saturated heterocycles. The first-order valence-corrected chi connectivity index (χ1v) is 15.5. The second kappa shape index (κ2) is 16.2. The van der Waals surface area contributed by atoms with Crippen LogP contribution in [-0.2, 0) is 22.6 Å². The average molecular weight is 566 g/mol. The monoisotopic (exact) mass is 565 g/mol. The van der Waals surface area contributed by atoms with Crippen molar-refractivity contribution < 1.29 is 19.4 Å². The predicted molar refractivity (Wildman–Crippen MR) is 160 cm³/mol. The number of imidazole rings is 1. The van der Waals surface area contributed by atoms with Gasteiger partial charge in [-0.2, -0.15) is 0 Å². The molecule has 4 rings (SSSR count). The Labute approximate surface area is 244 Å². The highest BCUT2D eigenvalue weighted by Gasteiger charge is 2.19. The van der Waals surface area contributed by atoms with Crippen molar-refractivity contribution in [1.82, 2.24) is 14.9 Å². The van der Waals surface area contributed by atoms with Crippen molar-refractivity contribution >= 4 is 17.5 Å². The van der Waals surface area contributed by atoms with Gasteiger partial charge in [0.1, 0.15) is 11.6 Å². The number of aliphatic imine (C=N–C) groups is 1. The summed E-state index contributed by atoms with van der Waals surface area (Å²) in [7, 11) is 0. The van der Waals surface area contributed by atoms with Crippen molar-refractivity contribution in [3.63, 3.8) is 0 Å². The number of phenols is 1. The number of benzene rings is 1. The van der Waals surface area contributed by atoms with Gasteiger partial charge in [0, 0.05) is 37.8 Å². The number of hydrogen-bond donors (Lipinski definition) is 3. The molecule has 2 aromatic rings. The minimum Gasteiger partial charge on any atom is -0.504 e. The number of guanidine groups is 1. The highest BCUT2D eigenvalue weighted by atomic mass is 16.5. The number of hydrogen-bond acceptors (Lipinski definition) is 6. The predicted octanol–water partition coefficient (Wildman–Crippen LogP) is 5.24. The number of nitrogens with one attached hydrogen (secondary N) is 1. The van der Waals surface area contributed by atoms with Gasteiger partial charge in [0.15, 0.2) is 17.5 Å². The van der Waals surface area contributed by atoms with Crippen molar-refractivity contribution in [2.24, 2.45) is 10.7 Å². The maximum atomic E-state index is 12.6. The smallest absolute Gasteiger partial charge is 0.189 e. The van der Waals surface area contributed by atoms with E-state index in [0.717, 1.165) is 63.5 Å². The third-order valence-electron chi connectivity index (χ3n) is 8.26. The summed E-state index contributed by atoms with van der Waals surface area (Å²) in [6.07, 6.45) is 19.3. The van der Waals surface area contributed by atoms with Gasteiger partial charge in [-0.3, -0.25) is 14.6 Å². The van der Waals surface area contributed by atoms with E-state index in [1.807, 2.05) is 22.9 Å². The Morgan fingerprint density at radius 2 is 1.83 bits per heavy atom. The van der Waals surface area contributed by atoms with Gasteiger partial charge < -0.3 is 25.5 Å². The number of aromatic nitrogens is 2. The van der Waals surface area contributed by atoms with Crippen LogP contribution in [0, 0.1) is 0 Å². The molecule has 0 unspecified atom stereocenters. The maximum Gasteiger partial charge on any atom is 0.189 e. The zero-order chi connectivity index (χ0) is 28.9. The summed E-state index contributed by atoms with van der Waals surface area (Å²) in [5, 5.41) is 13.6. The van der Waals surface area contributed by atoms with Crippen LogP contribution in [0.5, 0.6) is 11.5 Å². The van der Waals surface area contributed by atoms with Crippen LogP contribution < -0.4 is 15.8 Å². The third-order valence-corrected chi connectivity index (χ3v) is 8.26. The van der Waals surface area contributed by atoms with Gasteiger partial charge in [-0.15, -0.1) is 0 Å². The van der Waals surface area contributed by atoms with E-state index in [0.29, 0.717) is 43.4 Å². The molecular weight excluding hydrogens is 518 g/mol. The molecule has 2 saturated carbocycles. The summed E-state index contributed by atoms with van der Waals surface area (Å²) >= 11 is 0. The molecule has 9 heteroatoms. The number of nitrogens with zero attached hydrogens (tertiary/aromatic N) is 3. The van der Waals surface area contributed by atoms with E-state index >= 15 is 0 Å². The highest BCUT2D eigenvalue weighted by Crippen LogP contribution is 2.32. The molecule has 0 radical (unpaired) electrons. The number of nitrogens with two attached hydrogens (primary N) is 1. The fourth-order valence-electron chi connectivity index (χ4n) is 5.89. The van der Waals surface area contributed by atoms with Crippen LogP contribution in [0.2, 0.25) is 0 Å². The van der Waals surface area contributed by atoms with E-state index in [2.05, 4.69) is 10.3 Å². The van der Waals surface area contributed by atoms with E-state index in [9.17, 15) is 14.7 Å². The Hall–Kier alpha value is -3.36. The van der Waals surface area contributed by atoms with Gasteiger partial charge in [-0.05, 0) is 81.9 Å². The lowest BCUT2D eigenvalue weighted by atomic mass is 9.96. The van der Waals surface area contributed by atoms with Crippen molar-refractivity contribution in [1.29, 1.82) is 0 Å². The molecule has 2 fully saturated rings. The van der Waals surface area contributed by atoms with Crippen LogP contribution in [0.25, 0.3) is 0 Å². The summed E-state index contributed by atoms with van der Waals surface area (Å²) in [6, 6.07) is 5.64. The molecule has 2 aliphatic rings. The fraction of sp³-hybridized carbons (Fsp3) is 0.625. The van der Waals surface area contributed by atoms with Gasteiger partial charge in [-0.25, -0.2) is 4.98 Å². The third kappa shape index (κ3) is 10.9. The van der Waals surface area contributed by atoms with Crippen LogP contribution in [0.3, 0.4) is 0 Å². The van der Waals surface area contributed by atoms with Crippen LogP contribution in [0.1, 0.15) is 102 Å². The van der Waals surface area contributed by atoms with Gasteiger partial charge in [0.25, 0.3) is 0 Å². The molecular formula is C32H47N5O4. The molecule has 9 nitrogen and oxygen atoms in total. The molecule has 1 atom stereocenters.